The van der Waals surface area contributed by atoms with Crippen molar-refractivity contribution < 1.29 is 4.74 Å². The van der Waals surface area contributed by atoms with Crippen LogP contribution in [-0.2, 0) is 4.74 Å². The van der Waals surface area contributed by atoms with Crippen LogP contribution in [0.1, 0.15) is 48.9 Å². The molecule has 0 amide bonds. The van der Waals surface area contributed by atoms with Crippen molar-refractivity contribution in [3.8, 4) is 0 Å². The highest BCUT2D eigenvalue weighted by Crippen LogP contribution is 2.28. The van der Waals surface area contributed by atoms with E-state index >= 15 is 0 Å². The zero-order valence-electron chi connectivity index (χ0n) is 12.5. The van der Waals surface area contributed by atoms with E-state index in [1.807, 2.05) is 0 Å². The molecule has 1 N–H and O–H groups in total. The average molecular weight is 261 g/mol. The molecule has 1 aromatic rings. The molecule has 1 aromatic carbocycles. The van der Waals surface area contributed by atoms with E-state index in [-0.39, 0.29) is 0 Å². The number of rotatable bonds is 5. The summed E-state index contributed by atoms with van der Waals surface area (Å²) in [4.78, 5) is 0. The average Bonchev–Trinajstić information content (AvgIpc) is 2.38. The number of aryl methyl sites for hydroxylation is 2. The van der Waals surface area contributed by atoms with Crippen molar-refractivity contribution in [2.24, 2.45) is 5.92 Å². The fraction of sp³-hybridized carbons (Fsp3) is 0.647. The Labute approximate surface area is 117 Å². The van der Waals surface area contributed by atoms with Crippen LogP contribution in [0.25, 0.3) is 0 Å². The molecule has 0 aromatic heterocycles. The number of nitrogens with one attached hydrogen (secondary N) is 1. The molecule has 19 heavy (non-hydrogen) atoms. The number of hydrogen-bond acceptors (Lipinski definition) is 2. The Hall–Kier alpha value is -0.860. The van der Waals surface area contributed by atoms with Crippen molar-refractivity contribution >= 4 is 0 Å². The van der Waals surface area contributed by atoms with Gasteiger partial charge in [0.2, 0.25) is 0 Å². The van der Waals surface area contributed by atoms with E-state index in [0.717, 1.165) is 25.7 Å². The van der Waals surface area contributed by atoms with Crippen molar-refractivity contribution in [1.82, 2.24) is 5.32 Å². The molecule has 0 aliphatic carbocycles. The van der Waals surface area contributed by atoms with Gasteiger partial charge in [0.25, 0.3) is 0 Å². The molecular formula is C17H27NO. The summed E-state index contributed by atoms with van der Waals surface area (Å²) >= 11 is 0. The Morgan fingerprint density at radius 3 is 2.37 bits per heavy atom. The molecule has 1 atom stereocenters. The summed E-state index contributed by atoms with van der Waals surface area (Å²) in [5.41, 5.74) is 4.18. The molecule has 0 spiro atoms. The highest BCUT2D eigenvalue weighted by atomic mass is 16.5. The lowest BCUT2D eigenvalue weighted by molar-refractivity contribution is 0.0606. The molecule has 1 fully saturated rings. The van der Waals surface area contributed by atoms with Gasteiger partial charge in [-0.1, -0.05) is 36.2 Å². The number of hydrogen-bond donors (Lipinski definition) is 1. The van der Waals surface area contributed by atoms with Gasteiger partial charge in [-0.05, 0) is 51.1 Å². The van der Waals surface area contributed by atoms with E-state index in [1.54, 1.807) is 0 Å². The van der Waals surface area contributed by atoms with Gasteiger partial charge in [0, 0.05) is 19.3 Å². The molecule has 2 heteroatoms. The maximum Gasteiger partial charge on any atom is 0.0468 e. The first-order chi connectivity index (χ1) is 9.19. The third-order valence-corrected chi connectivity index (χ3v) is 4.01. The van der Waals surface area contributed by atoms with Crippen LogP contribution < -0.4 is 5.32 Å². The maximum atomic E-state index is 5.46. The Morgan fingerprint density at radius 1 is 1.16 bits per heavy atom. The fourth-order valence-corrected chi connectivity index (χ4v) is 3.11. The predicted molar refractivity (Wildman–Crippen MR) is 80.5 cm³/mol. The molecule has 0 radical (unpaired) electrons. The quantitative estimate of drug-likeness (QED) is 0.871. The van der Waals surface area contributed by atoms with Crippen LogP contribution in [0.2, 0.25) is 0 Å². The van der Waals surface area contributed by atoms with Crippen molar-refractivity contribution in [1.29, 1.82) is 0 Å². The monoisotopic (exact) mass is 261 g/mol. The van der Waals surface area contributed by atoms with Gasteiger partial charge in [-0.25, -0.2) is 0 Å². The Balaban J connectivity index is 2.09. The van der Waals surface area contributed by atoms with Gasteiger partial charge in [0.05, 0.1) is 0 Å². The second-order valence-corrected chi connectivity index (χ2v) is 5.82. The van der Waals surface area contributed by atoms with Gasteiger partial charge in [-0.3, -0.25) is 0 Å². The minimum absolute atomic E-state index is 0.492. The summed E-state index contributed by atoms with van der Waals surface area (Å²) in [5, 5.41) is 3.66. The molecular weight excluding hydrogens is 234 g/mol. The molecule has 2 nitrogen and oxygen atoms in total. The normalized spacial score (nSPS) is 18.5. The summed E-state index contributed by atoms with van der Waals surface area (Å²) < 4.78 is 5.46. The minimum Gasteiger partial charge on any atom is -0.381 e. The number of benzene rings is 1. The van der Waals surface area contributed by atoms with Crippen LogP contribution in [0, 0.1) is 19.8 Å². The number of ether oxygens (including phenoxy) is 1. The van der Waals surface area contributed by atoms with Gasteiger partial charge in [-0.2, -0.15) is 0 Å². The molecule has 1 unspecified atom stereocenters. The van der Waals surface area contributed by atoms with E-state index in [2.05, 4.69) is 44.3 Å². The standard InChI is InChI=1S/C17H27NO/c1-4-18-17(12-15-5-7-19-8-6-15)16-10-13(2)9-14(3)11-16/h9-11,15,17-18H,4-8,12H2,1-3H3. The molecule has 0 saturated carbocycles. The van der Waals surface area contributed by atoms with Crippen molar-refractivity contribution in [3.05, 3.63) is 34.9 Å². The molecule has 1 aliphatic rings. The Kier molecular flexibility index (Phi) is 5.41. The summed E-state index contributed by atoms with van der Waals surface area (Å²) in [6.07, 6.45) is 3.67. The second-order valence-electron chi connectivity index (χ2n) is 5.82. The van der Waals surface area contributed by atoms with Crippen LogP contribution in [0.15, 0.2) is 18.2 Å². The first-order valence-electron chi connectivity index (χ1n) is 7.58. The minimum atomic E-state index is 0.492. The summed E-state index contributed by atoms with van der Waals surface area (Å²) in [5.74, 6) is 0.804. The van der Waals surface area contributed by atoms with E-state index in [0.29, 0.717) is 6.04 Å². The van der Waals surface area contributed by atoms with E-state index in [9.17, 15) is 0 Å². The molecule has 1 aliphatic heterocycles. The third-order valence-electron chi connectivity index (χ3n) is 4.01. The van der Waals surface area contributed by atoms with E-state index in [1.165, 1.54) is 36.0 Å². The summed E-state index contributed by atoms with van der Waals surface area (Å²) in [7, 11) is 0. The Bertz CT molecular complexity index is 376. The zero-order valence-corrected chi connectivity index (χ0v) is 12.5. The molecule has 1 saturated heterocycles. The van der Waals surface area contributed by atoms with Crippen molar-refractivity contribution in [3.63, 3.8) is 0 Å². The lowest BCUT2D eigenvalue weighted by Crippen LogP contribution is -2.26. The summed E-state index contributed by atoms with van der Waals surface area (Å²) in [6, 6.07) is 7.41. The van der Waals surface area contributed by atoms with Crippen LogP contribution in [0.4, 0.5) is 0 Å². The van der Waals surface area contributed by atoms with Gasteiger partial charge >= 0.3 is 0 Å². The van der Waals surface area contributed by atoms with Crippen LogP contribution >= 0.6 is 0 Å². The highest BCUT2D eigenvalue weighted by molar-refractivity contribution is 5.30. The van der Waals surface area contributed by atoms with E-state index < -0.39 is 0 Å². The Morgan fingerprint density at radius 2 is 1.79 bits per heavy atom. The summed E-state index contributed by atoms with van der Waals surface area (Å²) in [6.45, 7) is 9.48. The SMILES string of the molecule is CCNC(CC1CCOCC1)c1cc(C)cc(C)c1. The smallest absolute Gasteiger partial charge is 0.0468 e. The lowest BCUT2D eigenvalue weighted by Gasteiger charge is -2.28. The molecule has 0 bridgehead atoms. The fourth-order valence-electron chi connectivity index (χ4n) is 3.11. The van der Waals surface area contributed by atoms with E-state index in [4.69, 9.17) is 4.74 Å². The first kappa shape index (κ1) is 14.5. The van der Waals surface area contributed by atoms with Crippen molar-refractivity contribution in [2.75, 3.05) is 19.8 Å². The molecule has 106 valence electrons. The highest BCUT2D eigenvalue weighted by Gasteiger charge is 2.20. The molecule has 1 heterocycles. The van der Waals surface area contributed by atoms with Gasteiger partial charge in [0.15, 0.2) is 0 Å². The predicted octanol–water partition coefficient (Wildman–Crippen LogP) is 3.77. The third kappa shape index (κ3) is 4.32. The van der Waals surface area contributed by atoms with Gasteiger partial charge in [-0.15, -0.1) is 0 Å². The maximum absolute atomic E-state index is 5.46. The zero-order chi connectivity index (χ0) is 13.7. The van der Waals surface area contributed by atoms with Crippen LogP contribution in [0.5, 0.6) is 0 Å². The first-order valence-corrected chi connectivity index (χ1v) is 7.58. The second kappa shape index (κ2) is 7.06. The van der Waals surface area contributed by atoms with Crippen LogP contribution in [-0.4, -0.2) is 19.8 Å². The largest absolute Gasteiger partial charge is 0.381 e. The lowest BCUT2D eigenvalue weighted by atomic mass is 9.88. The van der Waals surface area contributed by atoms with Crippen LogP contribution in [0.3, 0.4) is 0 Å². The van der Waals surface area contributed by atoms with Crippen molar-refractivity contribution in [2.45, 2.75) is 46.1 Å². The van der Waals surface area contributed by atoms with Gasteiger partial charge < -0.3 is 10.1 Å². The topological polar surface area (TPSA) is 21.3 Å². The van der Waals surface area contributed by atoms with Gasteiger partial charge in [0.1, 0.15) is 0 Å². The molecule has 2 rings (SSSR count).